The van der Waals surface area contributed by atoms with Crippen LogP contribution in [0.5, 0.6) is 0 Å². The minimum atomic E-state index is -0.165. The summed E-state index contributed by atoms with van der Waals surface area (Å²) in [6.07, 6.45) is 0. The van der Waals surface area contributed by atoms with Crippen molar-refractivity contribution < 1.29 is 0 Å². The molecule has 1 aliphatic rings. The number of aromatic nitrogens is 4. The molecule has 10 rings (SSSR count). The zero-order valence-corrected chi connectivity index (χ0v) is 29.5. The van der Waals surface area contributed by atoms with Crippen molar-refractivity contribution in [2.24, 2.45) is 0 Å². The fraction of sp³-hybridized carbons (Fsp3) is 0.0612. The smallest absolute Gasteiger partial charge is 0.164 e. The van der Waals surface area contributed by atoms with Crippen LogP contribution in [0.15, 0.2) is 170 Å². The lowest BCUT2D eigenvalue weighted by Crippen LogP contribution is -2.16. The van der Waals surface area contributed by atoms with Crippen molar-refractivity contribution in [2.75, 3.05) is 0 Å². The van der Waals surface area contributed by atoms with Crippen LogP contribution in [-0.4, -0.2) is 19.9 Å². The Bertz CT molecular complexity index is 2780. The van der Waals surface area contributed by atoms with Crippen molar-refractivity contribution in [3.05, 3.63) is 181 Å². The molecule has 0 atom stereocenters. The van der Waals surface area contributed by atoms with Gasteiger partial charge in [-0.15, -0.1) is 0 Å². The number of hydrogen-bond donors (Lipinski definition) is 0. The molecule has 2 aromatic heterocycles. The Morgan fingerprint density at radius 2 is 0.906 bits per heavy atom. The molecule has 0 bridgehead atoms. The summed E-state index contributed by atoms with van der Waals surface area (Å²) >= 11 is 0. The molecule has 9 aromatic rings. The van der Waals surface area contributed by atoms with Crippen LogP contribution < -0.4 is 0 Å². The van der Waals surface area contributed by atoms with E-state index >= 15 is 0 Å². The second-order valence-corrected chi connectivity index (χ2v) is 14.3. The van der Waals surface area contributed by atoms with Gasteiger partial charge in [-0.25, -0.2) is 19.9 Å². The molecule has 0 aliphatic heterocycles. The van der Waals surface area contributed by atoms with Crippen LogP contribution in [0.3, 0.4) is 0 Å². The Kier molecular flexibility index (Phi) is 7.12. The predicted molar refractivity (Wildman–Crippen MR) is 217 cm³/mol. The molecule has 0 spiro atoms. The fourth-order valence-electron chi connectivity index (χ4n) is 8.02. The first kappa shape index (κ1) is 31.0. The van der Waals surface area contributed by atoms with Gasteiger partial charge in [-0.3, -0.25) is 0 Å². The average Bonchev–Trinajstić information content (AvgIpc) is 3.45. The molecule has 7 aromatic carbocycles. The Balaban J connectivity index is 1.02. The van der Waals surface area contributed by atoms with Crippen LogP contribution in [0.25, 0.3) is 89.4 Å². The van der Waals surface area contributed by atoms with E-state index in [0.717, 1.165) is 38.7 Å². The van der Waals surface area contributed by atoms with Gasteiger partial charge in [-0.05, 0) is 62.4 Å². The summed E-state index contributed by atoms with van der Waals surface area (Å²) in [6.45, 7) is 4.66. The van der Waals surface area contributed by atoms with E-state index < -0.39 is 0 Å². The van der Waals surface area contributed by atoms with E-state index in [2.05, 4.69) is 123 Å². The monoisotopic (exact) mass is 678 g/mol. The first-order chi connectivity index (χ1) is 26.0. The van der Waals surface area contributed by atoms with Crippen molar-refractivity contribution in [1.29, 1.82) is 0 Å². The predicted octanol–water partition coefficient (Wildman–Crippen LogP) is 12.2. The van der Waals surface area contributed by atoms with E-state index in [1.165, 1.54) is 44.3 Å². The molecular weight excluding hydrogens is 645 g/mol. The molecule has 0 saturated heterocycles. The molecule has 250 valence electrons. The maximum absolute atomic E-state index is 5.22. The zero-order valence-electron chi connectivity index (χ0n) is 29.5. The third-order valence-electron chi connectivity index (χ3n) is 10.7. The summed E-state index contributed by atoms with van der Waals surface area (Å²) in [5.41, 5.74) is 13.5. The average molecular weight is 679 g/mol. The minimum absolute atomic E-state index is 0.165. The van der Waals surface area contributed by atoms with Gasteiger partial charge in [0, 0.05) is 33.1 Å². The van der Waals surface area contributed by atoms with Gasteiger partial charge in [-0.2, -0.15) is 0 Å². The van der Waals surface area contributed by atoms with E-state index in [-0.39, 0.29) is 5.41 Å². The van der Waals surface area contributed by atoms with Crippen LogP contribution in [0.2, 0.25) is 0 Å². The van der Waals surface area contributed by atoms with Gasteiger partial charge in [-0.1, -0.05) is 166 Å². The van der Waals surface area contributed by atoms with E-state index in [0.29, 0.717) is 17.5 Å². The Morgan fingerprint density at radius 1 is 0.396 bits per heavy atom. The van der Waals surface area contributed by atoms with Crippen molar-refractivity contribution in [2.45, 2.75) is 19.3 Å². The molecule has 0 fully saturated rings. The Hall–Kier alpha value is -6.78. The fourth-order valence-corrected chi connectivity index (χ4v) is 8.02. The molecule has 1 aliphatic carbocycles. The highest BCUT2D eigenvalue weighted by Crippen LogP contribution is 2.53. The van der Waals surface area contributed by atoms with E-state index in [1.54, 1.807) is 0 Å². The van der Waals surface area contributed by atoms with E-state index in [9.17, 15) is 0 Å². The molecule has 53 heavy (non-hydrogen) atoms. The number of pyridine rings is 1. The van der Waals surface area contributed by atoms with Gasteiger partial charge >= 0.3 is 0 Å². The molecule has 4 nitrogen and oxygen atoms in total. The van der Waals surface area contributed by atoms with Crippen molar-refractivity contribution in [3.63, 3.8) is 0 Å². The van der Waals surface area contributed by atoms with Gasteiger partial charge < -0.3 is 0 Å². The van der Waals surface area contributed by atoms with Gasteiger partial charge in [0.1, 0.15) is 0 Å². The highest BCUT2D eigenvalue weighted by molar-refractivity contribution is 6.02. The quantitative estimate of drug-likeness (QED) is 0.182. The number of para-hydroxylation sites is 1. The molecule has 2 heterocycles. The number of nitrogens with zero attached hydrogens (tertiary/aromatic N) is 4. The summed E-state index contributed by atoms with van der Waals surface area (Å²) in [6, 6.07) is 59.7. The second kappa shape index (κ2) is 12.2. The highest BCUT2D eigenvalue weighted by atomic mass is 15.0. The summed E-state index contributed by atoms with van der Waals surface area (Å²) in [5.74, 6) is 1.97. The summed E-state index contributed by atoms with van der Waals surface area (Å²) < 4.78 is 0. The van der Waals surface area contributed by atoms with Crippen LogP contribution in [0.1, 0.15) is 25.0 Å². The third kappa shape index (κ3) is 5.22. The molecule has 0 N–H and O–H groups in total. The van der Waals surface area contributed by atoms with Crippen molar-refractivity contribution in [3.8, 4) is 67.7 Å². The van der Waals surface area contributed by atoms with Crippen LogP contribution in [0, 0.1) is 0 Å². The van der Waals surface area contributed by atoms with E-state index in [1.807, 2.05) is 60.7 Å². The highest BCUT2D eigenvalue weighted by Gasteiger charge is 2.39. The molecular formula is C49H34N4. The Labute approximate surface area is 308 Å². The number of benzene rings is 7. The van der Waals surface area contributed by atoms with Gasteiger partial charge in [0.15, 0.2) is 17.5 Å². The number of rotatable bonds is 5. The molecule has 0 saturated carbocycles. The molecule has 4 heteroatoms. The normalized spacial score (nSPS) is 12.9. The maximum atomic E-state index is 5.22. The zero-order chi connectivity index (χ0) is 35.5. The Morgan fingerprint density at radius 3 is 1.58 bits per heavy atom. The molecule has 0 radical (unpaired) electrons. The largest absolute Gasteiger partial charge is 0.247 e. The molecule has 0 amide bonds. The van der Waals surface area contributed by atoms with Gasteiger partial charge in [0.05, 0.1) is 11.2 Å². The van der Waals surface area contributed by atoms with Crippen LogP contribution >= 0.6 is 0 Å². The standard InChI is InChI=1S/C49H34N4/c1-49(2)41-19-11-9-17-39(41)45-44(49)43(40-18-10-12-20-42(40)50-45)32-23-21-31(22-24-32)35-25-26-37-30-38(28-27-36(37)29-35)48-52-46(33-13-5-3-6-14-33)51-47(53-48)34-15-7-4-8-16-34/h3-30H,1-2H3. The number of hydrogen-bond acceptors (Lipinski definition) is 4. The lowest BCUT2D eigenvalue weighted by molar-refractivity contribution is 0.662. The summed E-state index contributed by atoms with van der Waals surface area (Å²) in [7, 11) is 0. The topological polar surface area (TPSA) is 51.6 Å². The SMILES string of the molecule is CC1(C)c2ccccc2-c2nc3ccccc3c(-c3ccc(-c4ccc5cc(-c6nc(-c7ccccc7)nc(-c7ccccc7)n6)ccc5c4)cc3)c21. The first-order valence-electron chi connectivity index (χ1n) is 18.1. The van der Waals surface area contributed by atoms with Crippen molar-refractivity contribution >= 4 is 21.7 Å². The summed E-state index contributed by atoms with van der Waals surface area (Å²) in [4.78, 5) is 20.0. The van der Waals surface area contributed by atoms with E-state index in [4.69, 9.17) is 19.9 Å². The lowest BCUT2D eigenvalue weighted by atomic mass is 9.78. The van der Waals surface area contributed by atoms with Crippen LogP contribution in [-0.2, 0) is 5.41 Å². The van der Waals surface area contributed by atoms with Crippen LogP contribution in [0.4, 0.5) is 0 Å². The van der Waals surface area contributed by atoms with Crippen molar-refractivity contribution in [1.82, 2.24) is 19.9 Å². The minimum Gasteiger partial charge on any atom is -0.247 e. The van der Waals surface area contributed by atoms with Gasteiger partial charge in [0.25, 0.3) is 0 Å². The van der Waals surface area contributed by atoms with Gasteiger partial charge in [0.2, 0.25) is 0 Å². The second-order valence-electron chi connectivity index (χ2n) is 14.3. The molecule has 0 unspecified atom stereocenters. The summed E-state index contributed by atoms with van der Waals surface area (Å²) in [5, 5.41) is 3.48. The third-order valence-corrected chi connectivity index (χ3v) is 10.7. The number of fused-ring (bicyclic) bond motifs is 5. The first-order valence-corrected chi connectivity index (χ1v) is 18.1. The lowest BCUT2D eigenvalue weighted by Gasteiger charge is -2.25. The maximum Gasteiger partial charge on any atom is 0.164 e.